The highest BCUT2D eigenvalue weighted by Gasteiger charge is 2.28. The average Bonchev–Trinajstić information content (AvgIpc) is 3.51. The van der Waals surface area contributed by atoms with Gasteiger partial charge >= 0.3 is 0 Å². The largest absolute Gasteiger partial charge is 0.370 e. The van der Waals surface area contributed by atoms with E-state index in [-0.39, 0.29) is 125 Å². The summed E-state index contributed by atoms with van der Waals surface area (Å²) in [5, 5.41) is 18.0. The minimum absolute atomic E-state index is 0.0113. The summed E-state index contributed by atoms with van der Waals surface area (Å²) >= 11 is 0. The lowest BCUT2D eigenvalue weighted by Gasteiger charge is -2.22. The molecule has 0 fully saturated rings. The molecule has 0 aliphatic carbocycles. The first-order valence-electron chi connectivity index (χ1n) is 31.2. The summed E-state index contributed by atoms with van der Waals surface area (Å²) in [6.07, 6.45) is 5.59. The number of likely N-dealkylation sites (N-methyl/N-ethyl adjacent to an activating group) is 6. The van der Waals surface area contributed by atoms with E-state index in [0.717, 1.165) is 32.1 Å². The molecule has 1 aromatic carbocycles. The zero-order valence-corrected chi connectivity index (χ0v) is 58.4. The third kappa shape index (κ3) is 47.3. The SMILES string of the molecule is CNC(C(=O)CC(CCC(N)=O)C(C)=O)C(C)C.CNC(C(C)=O)C(C)C.CNC(CC(C)C)C(=O)CC(C(C)=O)C(C)C.CNC(CC(C)C)C(=O)CC(CC(C)C)C(C)=O.CNC(CC(C)C)C(C)=O.CNC(Cc1ccccc1)C(C)=O. The first-order chi connectivity index (χ1) is 39.3. The maximum absolute atomic E-state index is 12.2. The minimum Gasteiger partial charge on any atom is -0.370 e. The molecule has 0 radical (unpaired) electrons. The number of amides is 1. The fourth-order valence-corrected chi connectivity index (χ4v) is 9.58. The summed E-state index contributed by atoms with van der Waals surface area (Å²) in [4.78, 5) is 114. The van der Waals surface area contributed by atoms with Gasteiger partial charge in [0.25, 0.3) is 0 Å². The van der Waals surface area contributed by atoms with Gasteiger partial charge in [0.15, 0.2) is 5.78 Å². The smallest absolute Gasteiger partial charge is 0.217 e. The summed E-state index contributed by atoms with van der Waals surface area (Å²) in [5.74, 6) is 2.87. The lowest BCUT2D eigenvalue weighted by molar-refractivity contribution is -0.129. The van der Waals surface area contributed by atoms with E-state index in [4.69, 9.17) is 5.73 Å². The number of benzene rings is 1. The van der Waals surface area contributed by atoms with Crippen LogP contribution in [0.5, 0.6) is 0 Å². The second-order valence-electron chi connectivity index (χ2n) is 25.5. The number of nitrogens with two attached hydrogens (primary N) is 1. The summed E-state index contributed by atoms with van der Waals surface area (Å²) in [6, 6.07) is 9.58. The highest BCUT2D eigenvalue weighted by molar-refractivity contribution is 5.91. The summed E-state index contributed by atoms with van der Waals surface area (Å²) in [5.41, 5.74) is 6.25. The number of Topliss-reactive ketones (excluding diaryl/α,β-unsaturated/α-hetero) is 9. The number of hydrogen-bond acceptors (Lipinski definition) is 16. The fraction of sp³-hybridized carbons (Fsp3) is 0.765. The van der Waals surface area contributed by atoms with Crippen molar-refractivity contribution in [2.24, 2.45) is 64.9 Å². The van der Waals surface area contributed by atoms with E-state index in [0.29, 0.717) is 48.9 Å². The van der Waals surface area contributed by atoms with Gasteiger partial charge in [0.2, 0.25) is 5.91 Å². The molecule has 17 nitrogen and oxygen atoms in total. The Kier molecular flexibility index (Phi) is 54.1. The molecule has 1 aromatic rings. The van der Waals surface area contributed by atoms with Gasteiger partial charge in [0.1, 0.15) is 46.3 Å². The molecule has 0 saturated heterocycles. The molecular weight excluding hydrogens is 1070 g/mol. The van der Waals surface area contributed by atoms with Gasteiger partial charge in [-0.05, 0) is 169 Å². The van der Waals surface area contributed by atoms with Crippen molar-refractivity contribution in [3.8, 4) is 0 Å². The average molecular weight is 1200 g/mol. The van der Waals surface area contributed by atoms with Gasteiger partial charge in [-0.3, -0.25) is 47.9 Å². The van der Waals surface area contributed by atoms with E-state index in [2.05, 4.69) is 87.3 Å². The van der Waals surface area contributed by atoms with Crippen molar-refractivity contribution in [2.75, 3.05) is 42.3 Å². The molecular formula is C68H127N7O10. The standard InChI is InChI=1S/C15H29NO2.C14H27NO2.C13H24N2O3.C11H15NO.C8H17NO.C7H15NO/c1-10(2)7-13(12(5)17)9-15(18)14(16-6)8-11(3)4;1-9(2)7-13(15-6)14(17)8-12(10(3)4)11(5)16;1-8(2)13(15-4)11(17)7-10(9(3)16)5-6-12(14)18;1-9(13)11(12-2)8-10-6-4-3-5-7-10;1-6(2)5-8(9-4)7(3)10;1-5(2)7(8-4)6(3)9/h10-11,13-14,16H,7-9H2,1-6H3;9-10,12-13,15H,7-8H2,1-6H3;8,10,13,15H,5-7H2,1-4H3,(H2,14,18);3-7,11-12H,8H2,1-2H3;6,8-9H,5H2,1-4H3;5,7-8H,1-4H3. The summed E-state index contributed by atoms with van der Waals surface area (Å²) in [6.45, 7) is 38.2. The lowest BCUT2D eigenvalue weighted by Crippen LogP contribution is -2.40. The van der Waals surface area contributed by atoms with E-state index in [9.17, 15) is 47.9 Å². The van der Waals surface area contributed by atoms with Crippen molar-refractivity contribution in [3.05, 3.63) is 35.9 Å². The second kappa shape index (κ2) is 51.5. The molecule has 0 aliphatic rings. The highest BCUT2D eigenvalue weighted by atomic mass is 16.2. The number of primary amides is 1. The van der Waals surface area contributed by atoms with Crippen molar-refractivity contribution >= 4 is 58.0 Å². The fourth-order valence-electron chi connectivity index (χ4n) is 9.58. The van der Waals surface area contributed by atoms with Crippen LogP contribution in [-0.4, -0.2) is 136 Å². The molecule has 9 unspecified atom stereocenters. The van der Waals surface area contributed by atoms with E-state index in [1.165, 1.54) is 12.5 Å². The van der Waals surface area contributed by atoms with Gasteiger partial charge in [0, 0.05) is 43.4 Å². The molecule has 0 spiro atoms. The number of hydrogen-bond donors (Lipinski definition) is 7. The first-order valence-corrected chi connectivity index (χ1v) is 31.2. The zero-order valence-electron chi connectivity index (χ0n) is 58.4. The Labute approximate surface area is 517 Å². The predicted molar refractivity (Wildman–Crippen MR) is 351 cm³/mol. The van der Waals surface area contributed by atoms with E-state index in [1.807, 2.05) is 107 Å². The molecule has 8 N–H and O–H groups in total. The van der Waals surface area contributed by atoms with Crippen LogP contribution in [-0.2, 0) is 54.4 Å². The van der Waals surface area contributed by atoms with Crippen LogP contribution in [0.4, 0.5) is 0 Å². The number of carbonyl (C=O) groups excluding carboxylic acids is 10. The van der Waals surface area contributed by atoms with Crippen molar-refractivity contribution in [2.45, 2.75) is 239 Å². The third-order valence-electron chi connectivity index (χ3n) is 14.6. The number of rotatable bonds is 37. The van der Waals surface area contributed by atoms with Crippen LogP contribution in [0, 0.1) is 59.2 Å². The quantitative estimate of drug-likeness (QED) is 0.0327. The van der Waals surface area contributed by atoms with Crippen molar-refractivity contribution in [1.82, 2.24) is 31.9 Å². The maximum atomic E-state index is 12.2. The molecule has 494 valence electrons. The highest BCUT2D eigenvalue weighted by Crippen LogP contribution is 2.21. The Balaban J connectivity index is -0.000000306. The lowest BCUT2D eigenvalue weighted by atomic mass is 9.85. The molecule has 0 aliphatic heterocycles. The van der Waals surface area contributed by atoms with E-state index >= 15 is 0 Å². The van der Waals surface area contributed by atoms with Crippen molar-refractivity contribution in [1.29, 1.82) is 0 Å². The van der Waals surface area contributed by atoms with Gasteiger partial charge in [-0.2, -0.15) is 0 Å². The van der Waals surface area contributed by atoms with Crippen molar-refractivity contribution < 1.29 is 47.9 Å². The van der Waals surface area contributed by atoms with Gasteiger partial charge in [-0.25, -0.2) is 0 Å². The number of nitrogens with one attached hydrogen (secondary N) is 6. The molecule has 85 heavy (non-hydrogen) atoms. The summed E-state index contributed by atoms with van der Waals surface area (Å²) in [7, 11) is 10.8. The Morgan fingerprint density at radius 3 is 1.00 bits per heavy atom. The van der Waals surface area contributed by atoms with Crippen LogP contribution in [0.1, 0.15) is 202 Å². The van der Waals surface area contributed by atoms with Crippen LogP contribution < -0.4 is 37.6 Å². The Bertz CT molecular complexity index is 2040. The molecule has 1 amide bonds. The molecule has 0 aromatic heterocycles. The molecule has 1 rings (SSSR count). The van der Waals surface area contributed by atoms with Crippen LogP contribution in [0.25, 0.3) is 0 Å². The van der Waals surface area contributed by atoms with Crippen molar-refractivity contribution in [3.63, 3.8) is 0 Å². The Morgan fingerprint density at radius 1 is 0.376 bits per heavy atom. The zero-order chi connectivity index (χ0) is 67.4. The third-order valence-corrected chi connectivity index (χ3v) is 14.6. The molecule has 0 bridgehead atoms. The Hall–Kier alpha value is -4.52. The van der Waals surface area contributed by atoms with Gasteiger partial charge in [-0.15, -0.1) is 0 Å². The van der Waals surface area contributed by atoms with Gasteiger partial charge in [0.05, 0.1) is 36.3 Å². The topological polar surface area (TPSA) is 269 Å². The normalized spacial score (nSPS) is 14.2. The Morgan fingerprint density at radius 2 is 0.741 bits per heavy atom. The van der Waals surface area contributed by atoms with E-state index in [1.54, 1.807) is 41.7 Å². The van der Waals surface area contributed by atoms with Crippen LogP contribution >= 0.6 is 0 Å². The number of carbonyl (C=O) groups is 10. The number of ketones is 9. The minimum atomic E-state index is -0.442. The molecule has 0 saturated carbocycles. The predicted octanol–water partition coefficient (Wildman–Crippen LogP) is 9.37. The van der Waals surface area contributed by atoms with Crippen LogP contribution in [0.3, 0.4) is 0 Å². The van der Waals surface area contributed by atoms with Crippen LogP contribution in [0.15, 0.2) is 30.3 Å². The van der Waals surface area contributed by atoms with Gasteiger partial charge < -0.3 is 37.6 Å². The molecule has 9 atom stereocenters. The van der Waals surface area contributed by atoms with E-state index < -0.39 is 11.8 Å². The summed E-state index contributed by atoms with van der Waals surface area (Å²) < 4.78 is 0. The second-order valence-corrected chi connectivity index (χ2v) is 25.5. The molecule has 0 heterocycles. The van der Waals surface area contributed by atoms with Crippen LogP contribution in [0.2, 0.25) is 0 Å². The maximum Gasteiger partial charge on any atom is 0.217 e. The molecule has 17 heteroatoms. The van der Waals surface area contributed by atoms with Gasteiger partial charge in [-0.1, -0.05) is 127 Å². The monoisotopic (exact) mass is 1200 g/mol. The first kappa shape index (κ1) is 89.2.